The minimum absolute atomic E-state index is 0.00336. The zero-order valence-corrected chi connectivity index (χ0v) is 15.8. The summed E-state index contributed by atoms with van der Waals surface area (Å²) in [6, 6.07) is 4.90. The molecule has 0 unspecified atom stereocenters. The molecular formula is C20H24N2O4. The minimum Gasteiger partial charge on any atom is -0.462 e. The molecule has 0 N–H and O–H groups in total. The maximum absolute atomic E-state index is 12.6. The first kappa shape index (κ1) is 19.4. The van der Waals surface area contributed by atoms with Crippen LogP contribution in [-0.4, -0.2) is 41.9 Å². The van der Waals surface area contributed by atoms with E-state index in [1.807, 2.05) is 32.8 Å². The van der Waals surface area contributed by atoms with Crippen molar-refractivity contribution in [1.29, 1.82) is 0 Å². The second-order valence-corrected chi connectivity index (χ2v) is 6.15. The van der Waals surface area contributed by atoms with E-state index in [9.17, 15) is 14.4 Å². The van der Waals surface area contributed by atoms with Crippen LogP contribution >= 0.6 is 0 Å². The van der Waals surface area contributed by atoms with E-state index in [1.165, 1.54) is 6.20 Å². The molecule has 0 aliphatic carbocycles. The van der Waals surface area contributed by atoms with Crippen molar-refractivity contribution in [2.24, 2.45) is 0 Å². The SMILES string of the molecule is CCOC(=O)c1cn(CC)c2cc(C(=O)/C=C(\C)N(C)C)ccc2c1=O. The predicted molar refractivity (Wildman–Crippen MR) is 102 cm³/mol. The third-order valence-electron chi connectivity index (χ3n) is 4.25. The van der Waals surface area contributed by atoms with Gasteiger partial charge in [-0.2, -0.15) is 0 Å². The summed E-state index contributed by atoms with van der Waals surface area (Å²) in [5.41, 5.74) is 1.56. The molecule has 0 fully saturated rings. The Balaban J connectivity index is 2.61. The molecule has 2 aromatic rings. The molecule has 26 heavy (non-hydrogen) atoms. The van der Waals surface area contributed by atoms with Gasteiger partial charge in [-0.15, -0.1) is 0 Å². The number of allylic oxidation sites excluding steroid dienone is 2. The first-order chi connectivity index (χ1) is 12.3. The van der Waals surface area contributed by atoms with E-state index < -0.39 is 5.97 Å². The van der Waals surface area contributed by atoms with Crippen LogP contribution in [0.15, 0.2) is 41.0 Å². The number of pyridine rings is 1. The van der Waals surface area contributed by atoms with Crippen molar-refractivity contribution in [3.63, 3.8) is 0 Å². The normalized spacial score (nSPS) is 11.5. The number of nitrogens with zero attached hydrogens (tertiary/aromatic N) is 2. The number of ketones is 1. The standard InChI is InChI=1S/C20H24N2O4/c1-6-22-12-16(20(25)26-7-2)19(24)15-9-8-14(11-17(15)22)18(23)10-13(3)21(4)5/h8-12H,6-7H2,1-5H3/b13-10+. The van der Waals surface area contributed by atoms with Crippen LogP contribution in [0, 0.1) is 0 Å². The number of ether oxygens (including phenoxy) is 1. The fourth-order valence-corrected chi connectivity index (χ4v) is 2.56. The molecule has 6 heteroatoms. The van der Waals surface area contributed by atoms with Crippen LogP contribution in [0.3, 0.4) is 0 Å². The number of rotatable bonds is 6. The number of benzene rings is 1. The topological polar surface area (TPSA) is 68.6 Å². The summed E-state index contributed by atoms with van der Waals surface area (Å²) in [7, 11) is 3.73. The Morgan fingerprint density at radius 1 is 1.23 bits per heavy atom. The molecule has 2 rings (SSSR count). The summed E-state index contributed by atoms with van der Waals surface area (Å²) >= 11 is 0. The number of fused-ring (bicyclic) bond motifs is 1. The second kappa shape index (κ2) is 7.99. The average Bonchev–Trinajstić information content (AvgIpc) is 2.61. The molecule has 0 aliphatic heterocycles. The maximum Gasteiger partial charge on any atom is 0.343 e. The van der Waals surface area contributed by atoms with Gasteiger partial charge in [0.25, 0.3) is 0 Å². The smallest absolute Gasteiger partial charge is 0.343 e. The van der Waals surface area contributed by atoms with E-state index in [0.29, 0.717) is 23.0 Å². The van der Waals surface area contributed by atoms with Crippen LogP contribution in [0.1, 0.15) is 41.5 Å². The van der Waals surface area contributed by atoms with E-state index >= 15 is 0 Å². The Hall–Kier alpha value is -2.89. The molecule has 0 saturated heterocycles. The van der Waals surface area contributed by atoms with Gasteiger partial charge in [0, 0.05) is 49.6 Å². The number of aryl methyl sites for hydroxylation is 1. The lowest BCUT2D eigenvalue weighted by Gasteiger charge is -2.13. The Morgan fingerprint density at radius 2 is 1.92 bits per heavy atom. The van der Waals surface area contributed by atoms with Gasteiger partial charge in [-0.1, -0.05) is 6.07 Å². The van der Waals surface area contributed by atoms with Crippen molar-refractivity contribution in [3.8, 4) is 0 Å². The fourth-order valence-electron chi connectivity index (χ4n) is 2.56. The first-order valence-corrected chi connectivity index (χ1v) is 8.54. The van der Waals surface area contributed by atoms with Gasteiger partial charge < -0.3 is 14.2 Å². The Morgan fingerprint density at radius 3 is 2.50 bits per heavy atom. The maximum atomic E-state index is 12.6. The van der Waals surface area contributed by atoms with E-state index in [0.717, 1.165) is 5.70 Å². The monoisotopic (exact) mass is 356 g/mol. The molecule has 0 atom stereocenters. The summed E-state index contributed by atoms with van der Waals surface area (Å²) in [6.07, 6.45) is 3.06. The number of hydrogen-bond donors (Lipinski definition) is 0. The molecule has 6 nitrogen and oxygen atoms in total. The summed E-state index contributed by atoms with van der Waals surface area (Å²) in [4.78, 5) is 39.0. The quantitative estimate of drug-likeness (QED) is 0.452. The Bertz CT molecular complexity index is 939. The van der Waals surface area contributed by atoms with Gasteiger partial charge >= 0.3 is 5.97 Å². The molecule has 0 radical (unpaired) electrons. The lowest BCUT2D eigenvalue weighted by molar-refractivity contribution is 0.0524. The largest absolute Gasteiger partial charge is 0.462 e. The van der Waals surface area contributed by atoms with E-state index in [-0.39, 0.29) is 23.4 Å². The van der Waals surface area contributed by atoms with Crippen molar-refractivity contribution in [3.05, 3.63) is 57.5 Å². The van der Waals surface area contributed by atoms with Crippen LogP contribution < -0.4 is 5.43 Å². The summed E-state index contributed by atoms with van der Waals surface area (Å²) in [6.45, 7) is 6.20. The second-order valence-electron chi connectivity index (χ2n) is 6.15. The van der Waals surface area contributed by atoms with E-state index in [4.69, 9.17) is 4.74 Å². The third-order valence-corrected chi connectivity index (χ3v) is 4.25. The number of carbonyl (C=O) groups excluding carboxylic acids is 2. The van der Waals surface area contributed by atoms with Gasteiger partial charge in [-0.3, -0.25) is 9.59 Å². The van der Waals surface area contributed by atoms with Gasteiger partial charge in [0.05, 0.1) is 12.1 Å². The summed E-state index contributed by atoms with van der Waals surface area (Å²) in [5, 5.41) is 0.391. The zero-order chi connectivity index (χ0) is 19.4. The van der Waals surface area contributed by atoms with Crippen LogP contribution in [0.4, 0.5) is 0 Å². The molecule has 0 amide bonds. The van der Waals surface area contributed by atoms with Crippen molar-refractivity contribution in [1.82, 2.24) is 9.47 Å². The highest BCUT2D eigenvalue weighted by molar-refractivity contribution is 6.07. The van der Waals surface area contributed by atoms with Crippen molar-refractivity contribution >= 4 is 22.7 Å². The molecule has 1 aromatic heterocycles. The summed E-state index contributed by atoms with van der Waals surface area (Å²) < 4.78 is 6.75. The van der Waals surface area contributed by atoms with E-state index in [1.54, 1.807) is 35.8 Å². The van der Waals surface area contributed by atoms with Crippen LogP contribution in [0.25, 0.3) is 10.9 Å². The van der Waals surface area contributed by atoms with Gasteiger partial charge in [0.1, 0.15) is 5.56 Å². The lowest BCUT2D eigenvalue weighted by Crippen LogP contribution is -2.21. The van der Waals surface area contributed by atoms with Crippen molar-refractivity contribution in [2.45, 2.75) is 27.3 Å². The van der Waals surface area contributed by atoms with E-state index in [2.05, 4.69) is 0 Å². The van der Waals surface area contributed by atoms with Crippen LogP contribution in [0.2, 0.25) is 0 Å². The highest BCUT2D eigenvalue weighted by atomic mass is 16.5. The van der Waals surface area contributed by atoms with Gasteiger partial charge in [-0.25, -0.2) is 4.79 Å². The van der Waals surface area contributed by atoms with Crippen LogP contribution in [-0.2, 0) is 11.3 Å². The van der Waals surface area contributed by atoms with Crippen molar-refractivity contribution < 1.29 is 14.3 Å². The molecular weight excluding hydrogens is 332 g/mol. The molecule has 138 valence electrons. The van der Waals surface area contributed by atoms with Crippen LogP contribution in [0.5, 0.6) is 0 Å². The zero-order valence-electron chi connectivity index (χ0n) is 15.8. The molecule has 0 saturated carbocycles. The molecule has 1 aromatic carbocycles. The fraction of sp³-hybridized carbons (Fsp3) is 0.350. The first-order valence-electron chi connectivity index (χ1n) is 8.54. The summed E-state index contributed by atoms with van der Waals surface area (Å²) in [5.74, 6) is -0.769. The molecule has 0 spiro atoms. The highest BCUT2D eigenvalue weighted by Crippen LogP contribution is 2.17. The van der Waals surface area contributed by atoms with Crippen molar-refractivity contribution in [2.75, 3.05) is 20.7 Å². The predicted octanol–water partition coefficient (Wildman–Crippen LogP) is 2.85. The Kier molecular flexibility index (Phi) is 5.97. The average molecular weight is 356 g/mol. The molecule has 0 bridgehead atoms. The number of hydrogen-bond acceptors (Lipinski definition) is 5. The lowest BCUT2D eigenvalue weighted by atomic mass is 10.0. The Labute approximate surface area is 152 Å². The number of carbonyl (C=O) groups is 2. The molecule has 0 aliphatic rings. The number of aromatic nitrogens is 1. The third kappa shape index (κ3) is 3.85. The molecule has 1 heterocycles. The van der Waals surface area contributed by atoms with Gasteiger partial charge in [0.2, 0.25) is 5.43 Å². The minimum atomic E-state index is -0.633. The highest BCUT2D eigenvalue weighted by Gasteiger charge is 2.17. The van der Waals surface area contributed by atoms with Gasteiger partial charge in [0.15, 0.2) is 5.78 Å². The number of esters is 1. The van der Waals surface area contributed by atoms with Gasteiger partial charge in [-0.05, 0) is 32.9 Å².